The molecule has 4 nitrogen and oxygen atoms in total. The Morgan fingerprint density at radius 3 is 2.71 bits per heavy atom. The number of nitrogens with zero attached hydrogens (tertiary/aromatic N) is 3. The molecular formula is C13H21N3O. The Bertz CT molecular complexity index is 361. The van der Waals surface area contributed by atoms with Crippen molar-refractivity contribution in [1.82, 2.24) is 9.88 Å². The van der Waals surface area contributed by atoms with Gasteiger partial charge in [0.25, 0.3) is 0 Å². The van der Waals surface area contributed by atoms with Crippen LogP contribution in [0.3, 0.4) is 0 Å². The zero-order chi connectivity index (χ0) is 12.4. The maximum atomic E-state index is 9.43. The molecule has 0 aliphatic carbocycles. The first-order valence-electron chi connectivity index (χ1n) is 6.13. The molecule has 0 radical (unpaired) electrons. The van der Waals surface area contributed by atoms with Crippen LogP contribution in [0.4, 0.5) is 5.82 Å². The lowest BCUT2D eigenvalue weighted by atomic mass is 10.2. The van der Waals surface area contributed by atoms with E-state index in [4.69, 9.17) is 0 Å². The number of aromatic nitrogens is 1. The molecule has 0 spiro atoms. The van der Waals surface area contributed by atoms with Crippen molar-refractivity contribution in [3.8, 4) is 0 Å². The predicted octanol–water partition coefficient (Wildman–Crippen LogP) is 1.28. The van der Waals surface area contributed by atoms with Gasteiger partial charge >= 0.3 is 0 Å². The first-order chi connectivity index (χ1) is 8.08. The van der Waals surface area contributed by atoms with Gasteiger partial charge in [-0.1, -0.05) is 6.07 Å². The highest BCUT2D eigenvalue weighted by atomic mass is 16.3. The topological polar surface area (TPSA) is 39.6 Å². The molecule has 1 aromatic rings. The van der Waals surface area contributed by atoms with Crippen molar-refractivity contribution in [3.63, 3.8) is 0 Å². The van der Waals surface area contributed by atoms with E-state index in [1.165, 1.54) is 6.42 Å². The van der Waals surface area contributed by atoms with Crippen LogP contribution in [0.2, 0.25) is 0 Å². The lowest BCUT2D eigenvalue weighted by Crippen LogP contribution is -2.31. The van der Waals surface area contributed by atoms with Crippen LogP contribution < -0.4 is 4.90 Å². The molecule has 1 aromatic heterocycles. The largest absolute Gasteiger partial charge is 0.389 e. The average molecular weight is 235 g/mol. The molecule has 1 saturated heterocycles. The van der Waals surface area contributed by atoms with Crippen molar-refractivity contribution < 1.29 is 5.11 Å². The summed E-state index contributed by atoms with van der Waals surface area (Å²) in [5.74, 6) is 1.01. The van der Waals surface area contributed by atoms with Gasteiger partial charge in [0.05, 0.1) is 6.10 Å². The van der Waals surface area contributed by atoms with E-state index >= 15 is 0 Å². The normalized spacial score (nSPS) is 22.2. The molecule has 4 heteroatoms. The van der Waals surface area contributed by atoms with Crippen LogP contribution in [0.25, 0.3) is 0 Å². The lowest BCUT2D eigenvalue weighted by Gasteiger charge is -2.21. The molecule has 2 heterocycles. The number of aliphatic hydroxyl groups excluding tert-OH is 1. The number of aliphatic hydroxyl groups is 1. The smallest absolute Gasteiger partial charge is 0.128 e. The van der Waals surface area contributed by atoms with Crippen molar-refractivity contribution in [3.05, 3.63) is 23.9 Å². The molecule has 2 rings (SSSR count). The molecule has 1 aliphatic rings. The fraction of sp³-hybridized carbons (Fsp3) is 0.615. The van der Waals surface area contributed by atoms with Gasteiger partial charge in [-0.15, -0.1) is 0 Å². The summed E-state index contributed by atoms with van der Waals surface area (Å²) in [4.78, 5) is 8.99. The zero-order valence-electron chi connectivity index (χ0n) is 10.8. The maximum absolute atomic E-state index is 9.43. The van der Waals surface area contributed by atoms with Crippen LogP contribution in [0.1, 0.15) is 25.0 Å². The van der Waals surface area contributed by atoms with Crippen LogP contribution >= 0.6 is 0 Å². The van der Waals surface area contributed by atoms with Gasteiger partial charge in [0.15, 0.2) is 0 Å². The van der Waals surface area contributed by atoms with Crippen molar-refractivity contribution in [2.75, 3.05) is 32.1 Å². The number of hydrogen-bond acceptors (Lipinski definition) is 4. The molecule has 1 aliphatic heterocycles. The molecule has 17 heavy (non-hydrogen) atoms. The second-order valence-corrected chi connectivity index (χ2v) is 4.98. The highest BCUT2D eigenvalue weighted by molar-refractivity contribution is 5.41. The molecule has 1 fully saturated rings. The summed E-state index contributed by atoms with van der Waals surface area (Å²) in [6, 6.07) is 4.57. The summed E-state index contributed by atoms with van der Waals surface area (Å²) in [5.41, 5.74) is 0.872. The minimum absolute atomic E-state index is 0.440. The maximum Gasteiger partial charge on any atom is 0.128 e. The Hall–Kier alpha value is -1.13. The standard InChI is InChI=1S/C13H21N3O/c1-10(17)11-4-5-13(14-8-11)16-7-6-12(9-16)15(2)3/h4-5,8,10,12,17H,6-7,9H2,1-3H3. The third kappa shape index (κ3) is 2.76. The van der Waals surface area contributed by atoms with E-state index in [-0.39, 0.29) is 0 Å². The number of anilines is 1. The van der Waals surface area contributed by atoms with Gasteiger partial charge in [0.1, 0.15) is 5.82 Å². The summed E-state index contributed by atoms with van der Waals surface area (Å²) in [6.45, 7) is 3.85. The minimum Gasteiger partial charge on any atom is -0.389 e. The molecule has 2 atom stereocenters. The van der Waals surface area contributed by atoms with Gasteiger partial charge in [-0.05, 0) is 39.1 Å². The monoisotopic (exact) mass is 235 g/mol. The molecule has 0 amide bonds. The summed E-state index contributed by atoms with van der Waals surface area (Å²) in [6.07, 6.45) is 2.51. The molecule has 0 bridgehead atoms. The van der Waals surface area contributed by atoms with Crippen LogP contribution in [0.15, 0.2) is 18.3 Å². The van der Waals surface area contributed by atoms with Gasteiger partial charge in [0.2, 0.25) is 0 Å². The predicted molar refractivity (Wildman–Crippen MR) is 69.2 cm³/mol. The fourth-order valence-electron chi connectivity index (χ4n) is 2.20. The molecule has 94 valence electrons. The highest BCUT2D eigenvalue weighted by Crippen LogP contribution is 2.21. The third-order valence-corrected chi connectivity index (χ3v) is 3.47. The van der Waals surface area contributed by atoms with E-state index < -0.39 is 6.10 Å². The number of hydrogen-bond donors (Lipinski definition) is 1. The van der Waals surface area contributed by atoms with E-state index in [0.717, 1.165) is 24.5 Å². The van der Waals surface area contributed by atoms with E-state index in [0.29, 0.717) is 6.04 Å². The molecule has 0 aromatic carbocycles. The lowest BCUT2D eigenvalue weighted by molar-refractivity contribution is 0.199. The van der Waals surface area contributed by atoms with Gasteiger partial charge < -0.3 is 14.9 Å². The second-order valence-electron chi connectivity index (χ2n) is 4.98. The summed E-state index contributed by atoms with van der Waals surface area (Å²) < 4.78 is 0. The summed E-state index contributed by atoms with van der Waals surface area (Å²) in [7, 11) is 4.25. The SMILES string of the molecule is CC(O)c1ccc(N2CCC(N(C)C)C2)nc1. The van der Waals surface area contributed by atoms with Crippen LogP contribution in [0.5, 0.6) is 0 Å². The Balaban J connectivity index is 2.04. The van der Waals surface area contributed by atoms with Gasteiger partial charge in [-0.2, -0.15) is 0 Å². The van der Waals surface area contributed by atoms with Gasteiger partial charge in [-0.25, -0.2) is 4.98 Å². The Kier molecular flexibility index (Phi) is 3.64. The molecule has 2 unspecified atom stereocenters. The van der Waals surface area contributed by atoms with Crippen molar-refractivity contribution in [1.29, 1.82) is 0 Å². The second kappa shape index (κ2) is 5.02. The first kappa shape index (κ1) is 12.3. The van der Waals surface area contributed by atoms with Crippen molar-refractivity contribution in [2.45, 2.75) is 25.5 Å². The van der Waals surface area contributed by atoms with E-state index in [1.54, 1.807) is 13.1 Å². The van der Waals surface area contributed by atoms with E-state index in [1.807, 2.05) is 12.1 Å². The van der Waals surface area contributed by atoms with E-state index in [9.17, 15) is 5.11 Å². The fourth-order valence-corrected chi connectivity index (χ4v) is 2.20. The average Bonchev–Trinajstić information content (AvgIpc) is 2.78. The minimum atomic E-state index is -0.440. The first-order valence-corrected chi connectivity index (χ1v) is 6.13. The van der Waals surface area contributed by atoms with Crippen LogP contribution in [0, 0.1) is 0 Å². The van der Waals surface area contributed by atoms with E-state index in [2.05, 4.69) is 28.9 Å². The Morgan fingerprint density at radius 2 is 2.24 bits per heavy atom. The van der Waals surface area contributed by atoms with Crippen molar-refractivity contribution in [2.24, 2.45) is 0 Å². The third-order valence-electron chi connectivity index (χ3n) is 3.47. The summed E-state index contributed by atoms with van der Waals surface area (Å²) >= 11 is 0. The Labute approximate surface area is 103 Å². The van der Waals surface area contributed by atoms with Gasteiger partial charge in [0, 0.05) is 25.3 Å². The number of rotatable bonds is 3. The molecule has 0 saturated carbocycles. The van der Waals surface area contributed by atoms with Crippen LogP contribution in [-0.2, 0) is 0 Å². The Morgan fingerprint density at radius 1 is 1.47 bits per heavy atom. The van der Waals surface area contributed by atoms with Crippen molar-refractivity contribution >= 4 is 5.82 Å². The zero-order valence-corrected chi connectivity index (χ0v) is 10.8. The summed E-state index contributed by atoms with van der Waals surface area (Å²) in [5, 5.41) is 9.43. The molecule has 1 N–H and O–H groups in total. The van der Waals surface area contributed by atoms with Gasteiger partial charge in [-0.3, -0.25) is 0 Å². The highest BCUT2D eigenvalue weighted by Gasteiger charge is 2.24. The quantitative estimate of drug-likeness (QED) is 0.856. The van der Waals surface area contributed by atoms with Crippen LogP contribution in [-0.4, -0.2) is 48.2 Å². The number of likely N-dealkylation sites (N-methyl/N-ethyl adjacent to an activating group) is 1. The number of pyridine rings is 1. The molecular weight excluding hydrogens is 214 g/mol.